The Morgan fingerprint density at radius 1 is 1.38 bits per heavy atom. The van der Waals surface area contributed by atoms with Gasteiger partial charge in [0.15, 0.2) is 11.5 Å². The highest BCUT2D eigenvalue weighted by molar-refractivity contribution is 6.36. The smallest absolute Gasteiger partial charge is 0.262 e. The fourth-order valence-corrected chi connectivity index (χ4v) is 2.53. The fraction of sp³-hybridized carbons (Fsp3) is 0.312. The van der Waals surface area contributed by atoms with Crippen molar-refractivity contribution in [2.75, 3.05) is 38.8 Å². The third-order valence-electron chi connectivity index (χ3n) is 3.61. The van der Waals surface area contributed by atoms with E-state index in [1.165, 1.54) is 7.11 Å². The van der Waals surface area contributed by atoms with Gasteiger partial charge >= 0.3 is 0 Å². The molecule has 0 spiro atoms. The lowest BCUT2D eigenvalue weighted by atomic mass is 10.0. The van der Waals surface area contributed by atoms with Crippen molar-refractivity contribution in [3.05, 3.63) is 23.3 Å². The van der Waals surface area contributed by atoms with Crippen LogP contribution in [0.5, 0.6) is 11.5 Å². The number of benzene rings is 1. The van der Waals surface area contributed by atoms with Crippen LogP contribution in [-0.2, 0) is 14.3 Å². The quantitative estimate of drug-likeness (QED) is 0.471. The molecule has 2 heterocycles. The third kappa shape index (κ3) is 2.77. The molecular formula is C16H15N3O5. The molecule has 0 atom stereocenters. The molecule has 2 amide bonds. The van der Waals surface area contributed by atoms with E-state index in [1.54, 1.807) is 12.1 Å². The molecule has 0 saturated heterocycles. The van der Waals surface area contributed by atoms with Gasteiger partial charge in [0.05, 0.1) is 17.9 Å². The van der Waals surface area contributed by atoms with E-state index >= 15 is 0 Å². The summed E-state index contributed by atoms with van der Waals surface area (Å²) in [5, 5.41) is 14.6. The number of carbonyl (C=O) groups is 2. The summed E-state index contributed by atoms with van der Waals surface area (Å²) >= 11 is 0. The van der Waals surface area contributed by atoms with Crippen molar-refractivity contribution in [2.45, 2.75) is 0 Å². The summed E-state index contributed by atoms with van der Waals surface area (Å²) in [5.74, 6) is -0.135. The lowest BCUT2D eigenvalue weighted by Gasteiger charge is -2.19. The molecule has 0 unspecified atom stereocenters. The van der Waals surface area contributed by atoms with E-state index in [2.05, 4.69) is 10.6 Å². The zero-order valence-corrected chi connectivity index (χ0v) is 13.0. The Kier molecular flexibility index (Phi) is 4.35. The highest BCUT2D eigenvalue weighted by atomic mass is 16.6. The van der Waals surface area contributed by atoms with E-state index in [0.717, 1.165) is 0 Å². The molecule has 2 aliphatic rings. The number of ether oxygens (including phenoxy) is 3. The van der Waals surface area contributed by atoms with Gasteiger partial charge < -0.3 is 24.8 Å². The minimum Gasteiger partial charge on any atom is -0.486 e. The summed E-state index contributed by atoms with van der Waals surface area (Å²) < 4.78 is 15.8. The highest BCUT2D eigenvalue weighted by Crippen LogP contribution is 2.42. The molecule has 24 heavy (non-hydrogen) atoms. The Morgan fingerprint density at radius 3 is 2.75 bits per heavy atom. The molecule has 1 aromatic rings. The SMILES string of the molecule is COCCNC(=O)/C(C#N)=C1\C(=O)Nc2cc3c(cc21)OCCO3. The Bertz CT molecular complexity index is 779. The molecule has 2 N–H and O–H groups in total. The number of hydrogen-bond acceptors (Lipinski definition) is 6. The molecule has 0 saturated carbocycles. The fourth-order valence-electron chi connectivity index (χ4n) is 2.53. The molecule has 0 aliphatic carbocycles. The Hall–Kier alpha value is -3.05. The first-order valence-corrected chi connectivity index (χ1v) is 7.32. The summed E-state index contributed by atoms with van der Waals surface area (Å²) in [6, 6.07) is 5.06. The molecular weight excluding hydrogens is 314 g/mol. The van der Waals surface area contributed by atoms with Crippen molar-refractivity contribution in [1.29, 1.82) is 5.26 Å². The number of methoxy groups -OCH3 is 1. The average Bonchev–Trinajstić information content (AvgIpc) is 2.89. The van der Waals surface area contributed by atoms with Gasteiger partial charge in [0.25, 0.3) is 11.8 Å². The van der Waals surface area contributed by atoms with Gasteiger partial charge in [0.2, 0.25) is 0 Å². The van der Waals surface area contributed by atoms with E-state index in [-0.39, 0.29) is 17.7 Å². The topological polar surface area (TPSA) is 110 Å². The van der Waals surface area contributed by atoms with Crippen LogP contribution in [-0.4, -0.2) is 45.3 Å². The minimum absolute atomic E-state index is 0.0272. The van der Waals surface area contributed by atoms with Gasteiger partial charge in [-0.05, 0) is 6.07 Å². The lowest BCUT2D eigenvalue weighted by Crippen LogP contribution is -2.29. The largest absolute Gasteiger partial charge is 0.486 e. The van der Waals surface area contributed by atoms with Gasteiger partial charge in [-0.1, -0.05) is 0 Å². The molecule has 0 radical (unpaired) electrons. The summed E-state index contributed by atoms with van der Waals surface area (Å²) in [5.41, 5.74) is 0.706. The summed E-state index contributed by atoms with van der Waals surface area (Å²) in [6.07, 6.45) is 0. The number of nitrogens with one attached hydrogen (secondary N) is 2. The first kappa shape index (κ1) is 15.8. The molecule has 0 aromatic heterocycles. The number of hydrogen-bond donors (Lipinski definition) is 2. The van der Waals surface area contributed by atoms with Crippen molar-refractivity contribution in [2.24, 2.45) is 0 Å². The normalized spacial score (nSPS) is 16.8. The predicted octanol–water partition coefficient (Wildman–Crippen LogP) is 0.450. The Labute approximate surface area is 138 Å². The van der Waals surface area contributed by atoms with E-state index in [4.69, 9.17) is 14.2 Å². The number of nitrogens with zero attached hydrogens (tertiary/aromatic N) is 1. The first-order valence-electron chi connectivity index (χ1n) is 7.32. The molecule has 8 nitrogen and oxygen atoms in total. The van der Waals surface area contributed by atoms with Gasteiger partial charge in [0, 0.05) is 25.3 Å². The highest BCUT2D eigenvalue weighted by Gasteiger charge is 2.32. The van der Waals surface area contributed by atoms with Crippen molar-refractivity contribution < 1.29 is 23.8 Å². The van der Waals surface area contributed by atoms with Gasteiger partial charge in [-0.25, -0.2) is 0 Å². The zero-order chi connectivity index (χ0) is 17.1. The van der Waals surface area contributed by atoms with Gasteiger partial charge in [0.1, 0.15) is 24.9 Å². The van der Waals surface area contributed by atoms with Crippen LogP contribution in [0.4, 0.5) is 5.69 Å². The maximum absolute atomic E-state index is 12.3. The maximum atomic E-state index is 12.3. The van der Waals surface area contributed by atoms with Crippen LogP contribution in [0, 0.1) is 11.3 Å². The van der Waals surface area contributed by atoms with E-state index < -0.39 is 11.8 Å². The van der Waals surface area contributed by atoms with Crippen molar-refractivity contribution >= 4 is 23.1 Å². The standard InChI is InChI=1S/C16H15N3O5/c1-22-3-2-18-15(20)10(8-17)14-9-6-12-13(24-5-4-23-12)7-11(9)19-16(14)21/h6-7H,2-5H2,1H3,(H,18,20)(H,19,21)/b14-10-. The van der Waals surface area contributed by atoms with Crippen LogP contribution in [0.3, 0.4) is 0 Å². The molecule has 0 fully saturated rings. The molecule has 3 rings (SSSR count). The van der Waals surface area contributed by atoms with E-state index in [0.29, 0.717) is 42.6 Å². The minimum atomic E-state index is -0.623. The van der Waals surface area contributed by atoms with Crippen LogP contribution < -0.4 is 20.1 Å². The van der Waals surface area contributed by atoms with Crippen LogP contribution in [0.1, 0.15) is 5.56 Å². The number of anilines is 1. The van der Waals surface area contributed by atoms with E-state index in [1.807, 2.05) is 6.07 Å². The molecule has 1 aromatic carbocycles. The maximum Gasteiger partial charge on any atom is 0.262 e. The second-order valence-corrected chi connectivity index (χ2v) is 5.11. The van der Waals surface area contributed by atoms with Gasteiger partial charge in [-0.3, -0.25) is 9.59 Å². The van der Waals surface area contributed by atoms with Crippen molar-refractivity contribution in [3.8, 4) is 17.6 Å². The van der Waals surface area contributed by atoms with Crippen LogP contribution in [0.15, 0.2) is 17.7 Å². The third-order valence-corrected chi connectivity index (χ3v) is 3.61. The Balaban J connectivity index is 2.00. The number of rotatable bonds is 4. The lowest BCUT2D eigenvalue weighted by molar-refractivity contribution is -0.117. The van der Waals surface area contributed by atoms with Crippen LogP contribution in [0.2, 0.25) is 0 Å². The molecule has 2 aliphatic heterocycles. The van der Waals surface area contributed by atoms with Crippen LogP contribution in [0.25, 0.3) is 5.57 Å². The first-order chi connectivity index (χ1) is 11.7. The molecule has 8 heteroatoms. The summed E-state index contributed by atoms with van der Waals surface area (Å²) in [6.45, 7) is 1.37. The average molecular weight is 329 g/mol. The monoisotopic (exact) mass is 329 g/mol. The van der Waals surface area contributed by atoms with Crippen molar-refractivity contribution in [1.82, 2.24) is 5.32 Å². The summed E-state index contributed by atoms with van der Waals surface area (Å²) in [4.78, 5) is 24.5. The van der Waals surface area contributed by atoms with Crippen LogP contribution >= 0.6 is 0 Å². The number of carbonyl (C=O) groups excluding carboxylic acids is 2. The molecule has 124 valence electrons. The number of fused-ring (bicyclic) bond motifs is 2. The van der Waals surface area contributed by atoms with E-state index in [9.17, 15) is 14.9 Å². The predicted molar refractivity (Wildman–Crippen MR) is 83.5 cm³/mol. The van der Waals surface area contributed by atoms with Crippen molar-refractivity contribution in [3.63, 3.8) is 0 Å². The number of nitriles is 1. The second kappa shape index (κ2) is 6.60. The summed E-state index contributed by atoms with van der Waals surface area (Å²) in [7, 11) is 1.50. The zero-order valence-electron chi connectivity index (χ0n) is 13.0. The molecule has 0 bridgehead atoms. The number of amides is 2. The van der Waals surface area contributed by atoms with Gasteiger partial charge in [-0.15, -0.1) is 0 Å². The Morgan fingerprint density at radius 2 is 2.08 bits per heavy atom. The second-order valence-electron chi connectivity index (χ2n) is 5.11. The van der Waals surface area contributed by atoms with Gasteiger partial charge in [-0.2, -0.15) is 5.26 Å².